The van der Waals surface area contributed by atoms with E-state index in [1.54, 1.807) is 0 Å². The molecule has 0 N–H and O–H groups in total. The van der Waals surface area contributed by atoms with E-state index in [4.69, 9.17) is 0 Å². The fourth-order valence-electron chi connectivity index (χ4n) is 6.57. The lowest BCUT2D eigenvalue weighted by molar-refractivity contribution is 1.07. The summed E-state index contributed by atoms with van der Waals surface area (Å²) in [6, 6.07) is 67.0. The minimum Gasteiger partial charge on any atom is -0.310 e. The minimum absolute atomic E-state index is 0.817. The molecule has 0 aromatic heterocycles. The average molecular weight is 592 g/mol. The van der Waals surface area contributed by atoms with Crippen molar-refractivity contribution in [3.05, 3.63) is 199 Å². The first-order valence-electron chi connectivity index (χ1n) is 15.8. The van der Waals surface area contributed by atoms with Crippen LogP contribution in [0.4, 0.5) is 51.2 Å². The molecule has 3 heteroatoms. The molecule has 1 aliphatic rings. The van der Waals surface area contributed by atoms with Crippen molar-refractivity contribution < 1.29 is 0 Å². The van der Waals surface area contributed by atoms with Gasteiger partial charge in [-0.25, -0.2) is 0 Å². The summed E-state index contributed by atoms with van der Waals surface area (Å²) in [5.41, 5.74) is 12.8. The Labute approximate surface area is 270 Å². The van der Waals surface area contributed by atoms with Crippen molar-refractivity contribution in [2.24, 2.45) is 0 Å². The second kappa shape index (κ2) is 12.1. The van der Waals surface area contributed by atoms with Gasteiger partial charge in [0.2, 0.25) is 0 Å². The quantitative estimate of drug-likeness (QED) is 0.183. The summed E-state index contributed by atoms with van der Waals surface area (Å²) in [6.45, 7) is 0. The fourth-order valence-corrected chi connectivity index (χ4v) is 6.57. The number of para-hydroxylation sites is 6. The first kappa shape index (κ1) is 27.5. The maximum absolute atomic E-state index is 2.43. The van der Waals surface area contributed by atoms with Gasteiger partial charge in [0.1, 0.15) is 0 Å². The number of nitrogens with zero attached hydrogens (tertiary/aromatic N) is 3. The lowest BCUT2D eigenvalue weighted by atomic mass is 9.92. The maximum Gasteiger partial charge on any atom is 0.0538 e. The van der Waals surface area contributed by atoms with E-state index in [0.29, 0.717) is 0 Å². The van der Waals surface area contributed by atoms with Crippen LogP contribution >= 0.6 is 0 Å². The van der Waals surface area contributed by atoms with Gasteiger partial charge in [-0.05, 0) is 84.4 Å². The Morgan fingerprint density at radius 1 is 0.370 bits per heavy atom. The number of hydrogen-bond acceptors (Lipinski definition) is 3. The number of rotatable bonds is 7. The molecule has 7 aromatic carbocycles. The van der Waals surface area contributed by atoms with Crippen molar-refractivity contribution in [1.82, 2.24) is 0 Å². The topological polar surface area (TPSA) is 9.72 Å². The third-order valence-electron chi connectivity index (χ3n) is 8.60. The van der Waals surface area contributed by atoms with Gasteiger partial charge in [-0.1, -0.05) is 109 Å². The Bertz CT molecular complexity index is 1980. The molecule has 1 heterocycles. The first-order chi connectivity index (χ1) is 22.8. The summed E-state index contributed by atoms with van der Waals surface area (Å²) in [5, 5.41) is 0. The van der Waals surface area contributed by atoms with Crippen molar-refractivity contribution in [3.63, 3.8) is 0 Å². The van der Waals surface area contributed by atoms with Gasteiger partial charge >= 0.3 is 0 Å². The molecule has 1 aliphatic heterocycles. The van der Waals surface area contributed by atoms with Crippen LogP contribution < -0.4 is 14.7 Å². The fraction of sp³-hybridized carbons (Fsp3) is 0.0233. The Balaban J connectivity index is 1.46. The van der Waals surface area contributed by atoms with Gasteiger partial charge in [0.25, 0.3) is 0 Å². The molecular formula is C43H33N3. The summed E-state index contributed by atoms with van der Waals surface area (Å²) in [6.07, 6.45) is 0.817. The van der Waals surface area contributed by atoms with Gasteiger partial charge in [-0.2, -0.15) is 0 Å². The number of anilines is 9. The van der Waals surface area contributed by atoms with E-state index in [2.05, 4.69) is 203 Å². The largest absolute Gasteiger partial charge is 0.310 e. The van der Waals surface area contributed by atoms with Crippen LogP contribution in [0.1, 0.15) is 11.1 Å². The molecule has 7 aromatic rings. The summed E-state index contributed by atoms with van der Waals surface area (Å²) >= 11 is 0. The van der Waals surface area contributed by atoms with E-state index in [9.17, 15) is 0 Å². The van der Waals surface area contributed by atoms with Crippen LogP contribution in [0.2, 0.25) is 0 Å². The SMILES string of the molecule is c1ccc(N(c2ccccc2)c2cc(N(c3ccccc3)c3ccccc3)c3c(c2)N(c2ccccc2)c2ccccc2C3)cc1. The predicted octanol–water partition coefficient (Wildman–Crippen LogP) is 12.0. The summed E-state index contributed by atoms with van der Waals surface area (Å²) < 4.78 is 0. The molecule has 0 radical (unpaired) electrons. The third kappa shape index (κ3) is 5.08. The van der Waals surface area contributed by atoms with Gasteiger partial charge < -0.3 is 14.7 Å². The van der Waals surface area contributed by atoms with Gasteiger partial charge in [-0.15, -0.1) is 0 Å². The smallest absolute Gasteiger partial charge is 0.0538 e. The Morgan fingerprint density at radius 2 is 0.804 bits per heavy atom. The highest BCUT2D eigenvalue weighted by Gasteiger charge is 2.30. The molecule has 0 bridgehead atoms. The molecule has 0 atom stereocenters. The number of fused-ring (bicyclic) bond motifs is 2. The van der Waals surface area contributed by atoms with E-state index in [1.165, 1.54) is 22.5 Å². The molecule has 8 rings (SSSR count). The van der Waals surface area contributed by atoms with E-state index in [0.717, 1.165) is 46.2 Å². The molecule has 0 spiro atoms. The van der Waals surface area contributed by atoms with Crippen molar-refractivity contribution in [2.45, 2.75) is 6.42 Å². The highest BCUT2D eigenvalue weighted by molar-refractivity contribution is 5.94. The van der Waals surface area contributed by atoms with Gasteiger partial charge in [-0.3, -0.25) is 0 Å². The maximum atomic E-state index is 2.43. The van der Waals surface area contributed by atoms with Crippen LogP contribution in [-0.2, 0) is 6.42 Å². The molecule has 0 amide bonds. The molecule has 3 nitrogen and oxygen atoms in total. The second-order valence-corrected chi connectivity index (χ2v) is 11.5. The van der Waals surface area contributed by atoms with Crippen molar-refractivity contribution in [3.8, 4) is 0 Å². The standard InChI is InChI=1S/C43H33N3/c1-6-19-34(20-7-1)44(35-21-8-2-9-22-35)39-31-42(45(36-23-10-3-11-24-36)37-25-12-4-13-26-37)40-30-33-18-16-17-29-41(33)46(43(40)32-39)38-27-14-5-15-28-38/h1-29,31-32H,30H2. The van der Waals surface area contributed by atoms with Crippen LogP contribution in [0.15, 0.2) is 188 Å². The van der Waals surface area contributed by atoms with Gasteiger partial charge in [0.05, 0.1) is 17.1 Å². The Kier molecular flexibility index (Phi) is 7.26. The van der Waals surface area contributed by atoms with E-state index < -0.39 is 0 Å². The van der Waals surface area contributed by atoms with Crippen molar-refractivity contribution >= 4 is 51.2 Å². The lowest BCUT2D eigenvalue weighted by Gasteiger charge is -2.38. The summed E-state index contributed by atoms with van der Waals surface area (Å²) in [4.78, 5) is 7.21. The van der Waals surface area contributed by atoms with Crippen LogP contribution in [0, 0.1) is 0 Å². The molecule has 0 fully saturated rings. The van der Waals surface area contributed by atoms with Crippen molar-refractivity contribution in [2.75, 3.05) is 14.7 Å². The molecule has 0 saturated heterocycles. The molecular weight excluding hydrogens is 558 g/mol. The van der Waals surface area contributed by atoms with Gasteiger partial charge in [0.15, 0.2) is 0 Å². The van der Waals surface area contributed by atoms with Crippen LogP contribution in [0.5, 0.6) is 0 Å². The Morgan fingerprint density at radius 3 is 1.33 bits per heavy atom. The highest BCUT2D eigenvalue weighted by atomic mass is 15.2. The predicted molar refractivity (Wildman–Crippen MR) is 193 cm³/mol. The first-order valence-corrected chi connectivity index (χ1v) is 15.8. The molecule has 0 unspecified atom stereocenters. The minimum atomic E-state index is 0.817. The molecule has 220 valence electrons. The lowest BCUT2D eigenvalue weighted by Crippen LogP contribution is -2.23. The highest BCUT2D eigenvalue weighted by Crippen LogP contribution is 2.52. The molecule has 46 heavy (non-hydrogen) atoms. The zero-order valence-corrected chi connectivity index (χ0v) is 25.4. The van der Waals surface area contributed by atoms with E-state index in [-0.39, 0.29) is 0 Å². The summed E-state index contributed by atoms with van der Waals surface area (Å²) in [7, 11) is 0. The average Bonchev–Trinajstić information content (AvgIpc) is 3.13. The number of benzene rings is 7. The van der Waals surface area contributed by atoms with Crippen LogP contribution in [0.3, 0.4) is 0 Å². The molecule has 0 aliphatic carbocycles. The number of hydrogen-bond donors (Lipinski definition) is 0. The Hall–Kier alpha value is -6.06. The zero-order valence-electron chi connectivity index (χ0n) is 25.4. The van der Waals surface area contributed by atoms with E-state index in [1.807, 2.05) is 0 Å². The third-order valence-corrected chi connectivity index (χ3v) is 8.60. The van der Waals surface area contributed by atoms with Crippen molar-refractivity contribution in [1.29, 1.82) is 0 Å². The van der Waals surface area contributed by atoms with Crippen LogP contribution in [-0.4, -0.2) is 0 Å². The van der Waals surface area contributed by atoms with Crippen LogP contribution in [0.25, 0.3) is 0 Å². The zero-order chi connectivity index (χ0) is 30.7. The second-order valence-electron chi connectivity index (χ2n) is 11.5. The van der Waals surface area contributed by atoms with E-state index >= 15 is 0 Å². The normalized spacial score (nSPS) is 11.8. The molecule has 0 saturated carbocycles. The monoisotopic (exact) mass is 591 g/mol. The van der Waals surface area contributed by atoms with Gasteiger partial charge in [0, 0.05) is 46.1 Å². The summed E-state index contributed by atoms with van der Waals surface area (Å²) in [5.74, 6) is 0.